The van der Waals surface area contributed by atoms with E-state index in [1.54, 1.807) is 39.2 Å². The highest BCUT2D eigenvalue weighted by Crippen LogP contribution is 2.51. The van der Waals surface area contributed by atoms with Crippen LogP contribution in [0.2, 0.25) is 0 Å². The minimum atomic E-state index is -2.58. The molecule has 6 N–H and O–H groups in total. The van der Waals surface area contributed by atoms with E-state index < -0.39 is 64.1 Å². The number of hydrogen-bond donors (Lipinski definition) is 5. The Kier molecular flexibility index (Phi) is 5.04. The van der Waals surface area contributed by atoms with Gasteiger partial charge in [0, 0.05) is 17.1 Å². The molecule has 3 aliphatic rings. The summed E-state index contributed by atoms with van der Waals surface area (Å²) in [5, 5.41) is 43.5. The lowest BCUT2D eigenvalue weighted by Gasteiger charge is -2.50. The van der Waals surface area contributed by atoms with Gasteiger partial charge in [-0.05, 0) is 50.9 Å². The standard InChI is InChI=1S/C23H26N2O7/c1-9(26)11-5-4-6-12-13(11)7-10-8-14-17(25(2)3)19(28)16(22(24)31)21(30)23(14,32)20(29)15(10)18(12)27/h4-6,9-10,14,17,26,28-29,32H,7-8H2,1-3H3,(H2,24,31)/t9?,10-,14-,17-,23-/m0/s1. The van der Waals surface area contributed by atoms with E-state index in [0.29, 0.717) is 17.5 Å². The number of carbonyl (C=O) groups is 3. The number of rotatable bonds is 3. The highest BCUT2D eigenvalue weighted by atomic mass is 16.3. The molecule has 0 radical (unpaired) electrons. The molecule has 0 aromatic heterocycles. The van der Waals surface area contributed by atoms with Crippen LogP contribution in [0.5, 0.6) is 0 Å². The van der Waals surface area contributed by atoms with E-state index >= 15 is 0 Å². The van der Waals surface area contributed by atoms with Crippen LogP contribution < -0.4 is 5.73 Å². The maximum atomic E-state index is 13.4. The van der Waals surface area contributed by atoms with Gasteiger partial charge < -0.3 is 26.2 Å². The topological polar surface area (TPSA) is 161 Å². The fourth-order valence-corrected chi connectivity index (χ4v) is 5.60. The summed E-state index contributed by atoms with van der Waals surface area (Å²) in [6.45, 7) is 1.60. The molecule has 1 amide bonds. The Balaban J connectivity index is 1.95. The summed E-state index contributed by atoms with van der Waals surface area (Å²) in [6, 6.07) is 3.93. The monoisotopic (exact) mass is 442 g/mol. The van der Waals surface area contributed by atoms with E-state index in [1.807, 2.05) is 0 Å². The van der Waals surface area contributed by atoms with Gasteiger partial charge in [-0.2, -0.15) is 0 Å². The number of nitrogens with zero attached hydrogens (tertiary/aromatic N) is 1. The fraction of sp³-hybridized carbons (Fsp3) is 0.435. The van der Waals surface area contributed by atoms with E-state index in [0.717, 1.165) is 0 Å². The van der Waals surface area contributed by atoms with Gasteiger partial charge in [-0.1, -0.05) is 18.2 Å². The maximum Gasteiger partial charge on any atom is 0.255 e. The molecule has 3 aliphatic carbocycles. The van der Waals surface area contributed by atoms with Crippen molar-refractivity contribution in [2.75, 3.05) is 14.1 Å². The third-order valence-electron chi connectivity index (χ3n) is 6.99. The highest BCUT2D eigenvalue weighted by molar-refractivity contribution is 6.24. The van der Waals surface area contributed by atoms with E-state index in [4.69, 9.17) is 5.73 Å². The summed E-state index contributed by atoms with van der Waals surface area (Å²) < 4.78 is 0. The van der Waals surface area contributed by atoms with Gasteiger partial charge in [0.05, 0.1) is 12.1 Å². The van der Waals surface area contributed by atoms with Crippen molar-refractivity contribution in [3.63, 3.8) is 0 Å². The Morgan fingerprint density at radius 2 is 1.91 bits per heavy atom. The zero-order chi connectivity index (χ0) is 23.7. The number of primary amides is 1. The van der Waals surface area contributed by atoms with Crippen molar-refractivity contribution in [1.82, 2.24) is 4.90 Å². The number of aliphatic hydroxyl groups is 4. The predicted octanol–water partition coefficient (Wildman–Crippen LogP) is 0.468. The fourth-order valence-electron chi connectivity index (χ4n) is 5.60. The van der Waals surface area contributed by atoms with Gasteiger partial charge in [0.15, 0.2) is 11.4 Å². The Labute approximate surface area is 184 Å². The lowest BCUT2D eigenvalue weighted by atomic mass is 9.58. The maximum absolute atomic E-state index is 13.4. The summed E-state index contributed by atoms with van der Waals surface area (Å²) in [4.78, 5) is 40.0. The van der Waals surface area contributed by atoms with Crippen molar-refractivity contribution >= 4 is 17.5 Å². The van der Waals surface area contributed by atoms with Crippen molar-refractivity contribution < 1.29 is 34.8 Å². The molecule has 0 bridgehead atoms. The second-order valence-corrected chi connectivity index (χ2v) is 9.01. The number of hydrogen-bond acceptors (Lipinski definition) is 8. The van der Waals surface area contributed by atoms with Crippen molar-refractivity contribution in [1.29, 1.82) is 0 Å². The van der Waals surface area contributed by atoms with Crippen LogP contribution in [0.25, 0.3) is 0 Å². The van der Waals surface area contributed by atoms with Crippen molar-refractivity contribution in [2.24, 2.45) is 17.6 Å². The second-order valence-electron chi connectivity index (χ2n) is 9.01. The normalized spacial score (nSPS) is 30.8. The van der Waals surface area contributed by atoms with Gasteiger partial charge in [0.2, 0.25) is 5.78 Å². The number of fused-ring (bicyclic) bond motifs is 3. The molecule has 0 aliphatic heterocycles. The quantitative estimate of drug-likeness (QED) is 0.422. The first-order valence-corrected chi connectivity index (χ1v) is 10.4. The molecule has 170 valence electrons. The number of ketones is 2. The molecule has 9 heteroatoms. The molecule has 0 saturated heterocycles. The molecule has 32 heavy (non-hydrogen) atoms. The zero-order valence-electron chi connectivity index (χ0n) is 18.0. The smallest absolute Gasteiger partial charge is 0.255 e. The molecular weight excluding hydrogens is 416 g/mol. The van der Waals surface area contributed by atoms with Crippen LogP contribution in [0.3, 0.4) is 0 Å². The Morgan fingerprint density at radius 1 is 1.25 bits per heavy atom. The third kappa shape index (κ3) is 2.78. The number of Topliss-reactive ketones (excluding diaryl/α,β-unsaturated/α-hetero) is 2. The minimum Gasteiger partial charge on any atom is -0.510 e. The summed E-state index contributed by atoms with van der Waals surface area (Å²) in [5.41, 5.74) is 3.39. The zero-order valence-corrected chi connectivity index (χ0v) is 18.0. The van der Waals surface area contributed by atoms with Gasteiger partial charge in [-0.3, -0.25) is 19.3 Å². The SMILES string of the molecule is CC(O)c1cccc2c1C[C@H]1C[C@H]3[C@H](N(C)C)C(O)=C(C(N)=O)C(=O)[C@@]3(O)C(O)=C1C2=O. The molecule has 5 atom stereocenters. The molecule has 0 heterocycles. The molecule has 0 saturated carbocycles. The number of nitrogens with two attached hydrogens (primary N) is 1. The van der Waals surface area contributed by atoms with Crippen LogP contribution in [0, 0.1) is 11.8 Å². The van der Waals surface area contributed by atoms with Crippen LogP contribution in [-0.4, -0.2) is 68.5 Å². The molecule has 1 aromatic carbocycles. The van der Waals surface area contributed by atoms with Gasteiger partial charge in [-0.15, -0.1) is 0 Å². The molecule has 0 spiro atoms. The van der Waals surface area contributed by atoms with Crippen molar-refractivity contribution in [2.45, 2.75) is 37.5 Å². The van der Waals surface area contributed by atoms with Crippen LogP contribution >= 0.6 is 0 Å². The average Bonchev–Trinajstić information content (AvgIpc) is 2.70. The summed E-state index contributed by atoms with van der Waals surface area (Å²) in [5.74, 6) is -5.95. The Hall–Kier alpha value is -3.01. The number of allylic oxidation sites excluding steroid dienone is 1. The lowest BCUT2D eigenvalue weighted by Crippen LogP contribution is -2.63. The van der Waals surface area contributed by atoms with E-state index in [2.05, 4.69) is 0 Å². The molecule has 9 nitrogen and oxygen atoms in total. The average molecular weight is 442 g/mol. The van der Waals surface area contributed by atoms with Crippen LogP contribution in [-0.2, 0) is 16.0 Å². The van der Waals surface area contributed by atoms with E-state index in [9.17, 15) is 34.8 Å². The first-order valence-electron chi connectivity index (χ1n) is 10.4. The summed E-state index contributed by atoms with van der Waals surface area (Å²) in [6.07, 6.45) is -0.427. The second kappa shape index (κ2) is 7.26. The highest BCUT2D eigenvalue weighted by Gasteiger charge is 2.63. The number of likely N-dealkylation sites (N-methyl/N-ethyl adjacent to an activating group) is 1. The summed E-state index contributed by atoms with van der Waals surface area (Å²) >= 11 is 0. The van der Waals surface area contributed by atoms with Gasteiger partial charge >= 0.3 is 0 Å². The number of carbonyl (C=O) groups excluding carboxylic acids is 3. The molecule has 1 unspecified atom stereocenters. The van der Waals surface area contributed by atoms with Crippen LogP contribution in [0.4, 0.5) is 0 Å². The van der Waals surface area contributed by atoms with Crippen molar-refractivity contribution in [3.05, 3.63) is 57.6 Å². The van der Waals surface area contributed by atoms with Crippen LogP contribution in [0.15, 0.2) is 40.9 Å². The largest absolute Gasteiger partial charge is 0.510 e. The van der Waals surface area contributed by atoms with Gasteiger partial charge in [0.25, 0.3) is 5.91 Å². The first kappa shape index (κ1) is 22.2. The number of amides is 1. The minimum absolute atomic E-state index is 0.0832. The van der Waals surface area contributed by atoms with Crippen molar-refractivity contribution in [3.8, 4) is 0 Å². The first-order chi connectivity index (χ1) is 14.9. The number of benzene rings is 1. The molecule has 0 fully saturated rings. The Bertz CT molecular complexity index is 1120. The van der Waals surface area contributed by atoms with Crippen LogP contribution in [0.1, 0.15) is 40.9 Å². The van der Waals surface area contributed by atoms with E-state index in [1.165, 1.54) is 4.90 Å². The summed E-state index contributed by atoms with van der Waals surface area (Å²) in [7, 11) is 3.19. The molecule has 1 aromatic rings. The van der Waals surface area contributed by atoms with Gasteiger partial charge in [0.1, 0.15) is 17.1 Å². The third-order valence-corrected chi connectivity index (χ3v) is 6.99. The molecule has 4 rings (SSSR count). The lowest BCUT2D eigenvalue weighted by molar-refractivity contribution is -0.148. The van der Waals surface area contributed by atoms with Gasteiger partial charge in [-0.25, -0.2) is 0 Å². The predicted molar refractivity (Wildman–Crippen MR) is 113 cm³/mol. The Morgan fingerprint density at radius 3 is 2.47 bits per heavy atom. The number of aliphatic hydroxyl groups excluding tert-OH is 3. The molecular formula is C23H26N2O7. The van der Waals surface area contributed by atoms with E-state index in [-0.39, 0.29) is 17.6 Å².